The van der Waals surface area contributed by atoms with Crippen LogP contribution in [0, 0.1) is 0 Å². The molecule has 1 rings (SSSR count). The van der Waals surface area contributed by atoms with Gasteiger partial charge in [-0.05, 0) is 25.3 Å². The van der Waals surface area contributed by atoms with Crippen LogP contribution in [0.15, 0.2) is 30.8 Å². The fourth-order valence-corrected chi connectivity index (χ4v) is 1.53. The van der Waals surface area contributed by atoms with E-state index in [1.54, 1.807) is 0 Å². The predicted octanol–water partition coefficient (Wildman–Crippen LogP) is 4.12. The second-order valence-corrected chi connectivity index (χ2v) is 3.72. The zero-order valence-electron chi connectivity index (χ0n) is 8.92. The summed E-state index contributed by atoms with van der Waals surface area (Å²) in [7, 11) is 0. The standard InChI is InChI=1S/C13H17ClO/c1-2-12-8-4-5-9-13(12)15-11-7-3-6-10-14/h2,4-5,8-9H,1,3,6-7,10-11H2. The van der Waals surface area contributed by atoms with Crippen LogP contribution < -0.4 is 4.74 Å². The molecule has 1 aromatic rings. The second kappa shape index (κ2) is 7.36. The number of hydrogen-bond acceptors (Lipinski definition) is 1. The van der Waals surface area contributed by atoms with E-state index < -0.39 is 0 Å². The lowest BCUT2D eigenvalue weighted by atomic mass is 10.2. The van der Waals surface area contributed by atoms with E-state index in [4.69, 9.17) is 16.3 Å². The molecule has 0 unspecified atom stereocenters. The van der Waals surface area contributed by atoms with Gasteiger partial charge in [-0.15, -0.1) is 11.6 Å². The molecule has 82 valence electrons. The molecule has 0 heterocycles. The molecule has 0 spiro atoms. The molecule has 0 aliphatic heterocycles. The molecule has 1 nitrogen and oxygen atoms in total. The summed E-state index contributed by atoms with van der Waals surface area (Å²) in [6.07, 6.45) is 5.06. The zero-order chi connectivity index (χ0) is 10.9. The second-order valence-electron chi connectivity index (χ2n) is 3.34. The molecule has 0 radical (unpaired) electrons. The Hall–Kier alpha value is -0.950. The summed E-state index contributed by atoms with van der Waals surface area (Å²) in [5.74, 6) is 1.65. The maximum atomic E-state index is 5.66. The molecule has 0 aliphatic rings. The van der Waals surface area contributed by atoms with Crippen LogP contribution in [-0.4, -0.2) is 12.5 Å². The average Bonchev–Trinajstić information content (AvgIpc) is 2.29. The van der Waals surface area contributed by atoms with Gasteiger partial charge in [-0.25, -0.2) is 0 Å². The zero-order valence-corrected chi connectivity index (χ0v) is 9.67. The van der Waals surface area contributed by atoms with Crippen LogP contribution in [0.1, 0.15) is 24.8 Å². The van der Waals surface area contributed by atoms with Crippen LogP contribution in [0.2, 0.25) is 0 Å². The van der Waals surface area contributed by atoms with E-state index in [1.807, 2.05) is 30.3 Å². The maximum absolute atomic E-state index is 5.66. The highest BCUT2D eigenvalue weighted by atomic mass is 35.5. The first kappa shape index (κ1) is 12.1. The molecule has 2 heteroatoms. The lowest BCUT2D eigenvalue weighted by molar-refractivity contribution is 0.306. The van der Waals surface area contributed by atoms with Gasteiger partial charge >= 0.3 is 0 Å². The predicted molar refractivity (Wildman–Crippen MR) is 66.6 cm³/mol. The molecule has 0 aromatic heterocycles. The Kier molecular flexibility index (Phi) is 5.94. The largest absolute Gasteiger partial charge is 0.493 e. The number of unbranched alkanes of at least 4 members (excludes halogenated alkanes) is 2. The monoisotopic (exact) mass is 224 g/mol. The van der Waals surface area contributed by atoms with Crippen molar-refractivity contribution in [3.05, 3.63) is 36.4 Å². The molecule has 0 amide bonds. The number of ether oxygens (including phenoxy) is 1. The van der Waals surface area contributed by atoms with Crippen molar-refractivity contribution in [2.75, 3.05) is 12.5 Å². The number of benzene rings is 1. The molecule has 0 bridgehead atoms. The van der Waals surface area contributed by atoms with Crippen LogP contribution in [0.25, 0.3) is 6.08 Å². The molecule has 1 aromatic carbocycles. The van der Waals surface area contributed by atoms with Crippen LogP contribution in [-0.2, 0) is 0 Å². The molecule has 0 saturated carbocycles. The minimum Gasteiger partial charge on any atom is -0.493 e. The van der Waals surface area contributed by atoms with Gasteiger partial charge in [0.2, 0.25) is 0 Å². The summed E-state index contributed by atoms with van der Waals surface area (Å²) in [4.78, 5) is 0. The van der Waals surface area contributed by atoms with Gasteiger partial charge in [0, 0.05) is 11.4 Å². The van der Waals surface area contributed by atoms with Gasteiger partial charge in [0.05, 0.1) is 6.61 Å². The number of hydrogen-bond donors (Lipinski definition) is 0. The fraction of sp³-hybridized carbons (Fsp3) is 0.385. The SMILES string of the molecule is C=Cc1ccccc1OCCCCCCl. The molecular weight excluding hydrogens is 208 g/mol. The van der Waals surface area contributed by atoms with E-state index in [2.05, 4.69) is 6.58 Å². The van der Waals surface area contributed by atoms with Crippen molar-refractivity contribution in [2.24, 2.45) is 0 Å². The number of halogens is 1. The van der Waals surface area contributed by atoms with Crippen molar-refractivity contribution < 1.29 is 4.74 Å². The highest BCUT2D eigenvalue weighted by Crippen LogP contribution is 2.19. The molecule has 0 N–H and O–H groups in total. The van der Waals surface area contributed by atoms with Crippen molar-refractivity contribution in [2.45, 2.75) is 19.3 Å². The third kappa shape index (κ3) is 4.39. The van der Waals surface area contributed by atoms with Crippen molar-refractivity contribution >= 4 is 17.7 Å². The number of para-hydroxylation sites is 1. The minimum atomic E-state index is 0.739. The Morgan fingerprint density at radius 2 is 2.00 bits per heavy atom. The topological polar surface area (TPSA) is 9.23 Å². The molecule has 15 heavy (non-hydrogen) atoms. The Morgan fingerprint density at radius 1 is 1.20 bits per heavy atom. The highest BCUT2D eigenvalue weighted by Gasteiger charge is 1.98. The lowest BCUT2D eigenvalue weighted by Gasteiger charge is -2.08. The van der Waals surface area contributed by atoms with Gasteiger partial charge in [0.1, 0.15) is 5.75 Å². The Bertz CT molecular complexity index is 296. The van der Waals surface area contributed by atoms with Gasteiger partial charge < -0.3 is 4.74 Å². The van der Waals surface area contributed by atoms with Crippen LogP contribution in [0.3, 0.4) is 0 Å². The molecule has 0 fully saturated rings. The van der Waals surface area contributed by atoms with Crippen LogP contribution in [0.4, 0.5) is 0 Å². The Labute approximate surface area is 96.7 Å². The van der Waals surface area contributed by atoms with Gasteiger partial charge in [0.15, 0.2) is 0 Å². The minimum absolute atomic E-state index is 0.739. The third-order valence-electron chi connectivity index (χ3n) is 2.17. The quantitative estimate of drug-likeness (QED) is 0.500. The van der Waals surface area contributed by atoms with E-state index in [9.17, 15) is 0 Å². The van der Waals surface area contributed by atoms with Crippen molar-refractivity contribution in [1.82, 2.24) is 0 Å². The summed E-state index contributed by atoms with van der Waals surface area (Å²) in [5.41, 5.74) is 1.05. The smallest absolute Gasteiger partial charge is 0.126 e. The lowest BCUT2D eigenvalue weighted by Crippen LogP contribution is -1.98. The maximum Gasteiger partial charge on any atom is 0.126 e. The van der Waals surface area contributed by atoms with Gasteiger partial charge in [-0.1, -0.05) is 30.9 Å². The van der Waals surface area contributed by atoms with E-state index in [0.717, 1.165) is 43.1 Å². The van der Waals surface area contributed by atoms with E-state index in [-0.39, 0.29) is 0 Å². The number of alkyl halides is 1. The first-order valence-electron chi connectivity index (χ1n) is 5.28. The Balaban J connectivity index is 2.33. The molecule has 0 saturated heterocycles. The fourth-order valence-electron chi connectivity index (χ4n) is 1.34. The third-order valence-corrected chi connectivity index (χ3v) is 2.44. The molecular formula is C13H17ClO. The summed E-state index contributed by atoms with van der Waals surface area (Å²) < 4.78 is 5.66. The van der Waals surface area contributed by atoms with Crippen molar-refractivity contribution in [3.8, 4) is 5.75 Å². The summed E-state index contributed by atoms with van der Waals surface area (Å²) in [6.45, 7) is 4.50. The van der Waals surface area contributed by atoms with Crippen molar-refractivity contribution in [3.63, 3.8) is 0 Å². The normalized spacial score (nSPS) is 9.93. The van der Waals surface area contributed by atoms with E-state index in [0.29, 0.717) is 0 Å². The van der Waals surface area contributed by atoms with E-state index >= 15 is 0 Å². The Morgan fingerprint density at radius 3 is 2.73 bits per heavy atom. The average molecular weight is 225 g/mol. The molecule has 0 aliphatic carbocycles. The van der Waals surface area contributed by atoms with Gasteiger partial charge in [-0.2, -0.15) is 0 Å². The van der Waals surface area contributed by atoms with Crippen LogP contribution in [0.5, 0.6) is 5.75 Å². The van der Waals surface area contributed by atoms with Crippen molar-refractivity contribution in [1.29, 1.82) is 0 Å². The summed E-state index contributed by atoms with van der Waals surface area (Å²) >= 11 is 5.59. The van der Waals surface area contributed by atoms with Gasteiger partial charge in [0.25, 0.3) is 0 Å². The highest BCUT2D eigenvalue weighted by molar-refractivity contribution is 6.17. The van der Waals surface area contributed by atoms with Gasteiger partial charge in [-0.3, -0.25) is 0 Å². The van der Waals surface area contributed by atoms with Crippen LogP contribution >= 0.6 is 11.6 Å². The first-order valence-corrected chi connectivity index (χ1v) is 5.82. The summed E-state index contributed by atoms with van der Waals surface area (Å²) in [5, 5.41) is 0. The summed E-state index contributed by atoms with van der Waals surface area (Å²) in [6, 6.07) is 7.93. The first-order chi connectivity index (χ1) is 7.38. The number of rotatable bonds is 7. The van der Waals surface area contributed by atoms with E-state index in [1.165, 1.54) is 0 Å². The molecule has 0 atom stereocenters.